The minimum Gasteiger partial charge on any atom is -0.390 e. The zero-order valence-electron chi connectivity index (χ0n) is 10.1. The highest BCUT2D eigenvalue weighted by molar-refractivity contribution is 6.18. The summed E-state index contributed by atoms with van der Waals surface area (Å²) in [6.07, 6.45) is 2.18. The normalized spacial score (nSPS) is 31.1. The molecule has 1 fully saturated rings. The number of aliphatic hydroxyl groups excluding tert-OH is 2. The molecular weight excluding hydrogens is 268 g/mol. The molecule has 0 spiro atoms. The molecule has 102 valence electrons. The first-order valence-corrected chi connectivity index (χ1v) is 6.66. The highest BCUT2D eigenvalue weighted by Gasteiger charge is 2.42. The molecule has 1 aliphatic rings. The van der Waals surface area contributed by atoms with E-state index in [0.717, 1.165) is 5.52 Å². The van der Waals surface area contributed by atoms with Gasteiger partial charge in [-0.25, -0.2) is 9.97 Å². The standard InChI is InChI=1S/C12H15ClN4O2/c13-4-6-3-8(11(19)10(6)18)17-5-16-9-7(17)1-2-15-12(9)14/h1-2,5-6,8,10-11,18-19H,3-4H2,(H2,14,15)/t6-,8-,10-,11+/m0/s1. The molecule has 0 aliphatic heterocycles. The van der Waals surface area contributed by atoms with Gasteiger partial charge in [-0.1, -0.05) is 0 Å². The van der Waals surface area contributed by atoms with Crippen LogP contribution in [0.15, 0.2) is 18.6 Å². The number of alkyl halides is 1. The summed E-state index contributed by atoms with van der Waals surface area (Å²) in [5.41, 5.74) is 7.18. The number of halogens is 1. The third kappa shape index (κ3) is 1.87. The van der Waals surface area contributed by atoms with Crippen LogP contribution >= 0.6 is 11.6 Å². The number of rotatable bonds is 2. The SMILES string of the molecule is Nc1nccc2c1ncn2[C@H]1C[C@@H](CCl)[C@H](O)[C@@H]1O. The number of nitrogens with two attached hydrogens (primary N) is 1. The first-order chi connectivity index (χ1) is 9.13. The quantitative estimate of drug-likeness (QED) is 0.698. The number of fused-ring (bicyclic) bond motifs is 1. The summed E-state index contributed by atoms with van der Waals surface area (Å²) in [7, 11) is 0. The fraction of sp³-hybridized carbons (Fsp3) is 0.500. The third-order valence-corrected chi connectivity index (χ3v) is 4.24. The van der Waals surface area contributed by atoms with Crippen molar-refractivity contribution in [1.29, 1.82) is 0 Å². The highest BCUT2D eigenvalue weighted by Crippen LogP contribution is 2.37. The molecule has 4 N–H and O–H groups in total. The predicted molar refractivity (Wildman–Crippen MR) is 71.8 cm³/mol. The molecule has 0 aromatic carbocycles. The van der Waals surface area contributed by atoms with Crippen LogP contribution in [0.5, 0.6) is 0 Å². The van der Waals surface area contributed by atoms with Gasteiger partial charge in [0.2, 0.25) is 0 Å². The van der Waals surface area contributed by atoms with Gasteiger partial charge < -0.3 is 20.5 Å². The molecule has 7 heteroatoms. The number of aliphatic hydroxyl groups is 2. The van der Waals surface area contributed by atoms with Crippen molar-refractivity contribution >= 4 is 28.5 Å². The van der Waals surface area contributed by atoms with Crippen molar-refractivity contribution in [3.8, 4) is 0 Å². The zero-order valence-corrected chi connectivity index (χ0v) is 10.9. The van der Waals surface area contributed by atoms with E-state index < -0.39 is 12.2 Å². The fourth-order valence-corrected chi connectivity index (χ4v) is 3.08. The van der Waals surface area contributed by atoms with E-state index in [1.54, 1.807) is 18.6 Å². The van der Waals surface area contributed by atoms with Crippen molar-refractivity contribution in [2.45, 2.75) is 24.7 Å². The number of nitrogen functional groups attached to an aromatic ring is 1. The molecule has 0 saturated heterocycles. The Labute approximate surface area is 114 Å². The number of hydrogen-bond acceptors (Lipinski definition) is 5. The molecule has 4 atom stereocenters. The van der Waals surface area contributed by atoms with Crippen LogP contribution in [-0.2, 0) is 0 Å². The summed E-state index contributed by atoms with van der Waals surface area (Å²) in [4.78, 5) is 8.20. The second kappa shape index (κ2) is 4.63. The van der Waals surface area contributed by atoms with Gasteiger partial charge in [-0.3, -0.25) is 0 Å². The van der Waals surface area contributed by atoms with Gasteiger partial charge in [-0.2, -0.15) is 0 Å². The van der Waals surface area contributed by atoms with Gasteiger partial charge in [0.05, 0.1) is 24.0 Å². The minimum atomic E-state index is -0.851. The molecule has 6 nitrogen and oxygen atoms in total. The van der Waals surface area contributed by atoms with E-state index in [4.69, 9.17) is 17.3 Å². The lowest BCUT2D eigenvalue weighted by atomic mass is 10.1. The number of pyridine rings is 1. The summed E-state index contributed by atoms with van der Waals surface area (Å²) >= 11 is 5.81. The molecule has 0 unspecified atom stereocenters. The van der Waals surface area contributed by atoms with Gasteiger partial charge >= 0.3 is 0 Å². The number of nitrogens with zero attached hydrogens (tertiary/aromatic N) is 3. The third-order valence-electron chi connectivity index (χ3n) is 3.85. The predicted octanol–water partition coefficient (Wildman–Crippen LogP) is 0.535. The van der Waals surface area contributed by atoms with E-state index in [2.05, 4.69) is 9.97 Å². The number of aromatic nitrogens is 3. The average molecular weight is 283 g/mol. The lowest BCUT2D eigenvalue weighted by Crippen LogP contribution is -2.29. The average Bonchev–Trinajstić information content (AvgIpc) is 2.94. The molecule has 1 aliphatic carbocycles. The number of hydrogen-bond donors (Lipinski definition) is 3. The monoisotopic (exact) mass is 282 g/mol. The van der Waals surface area contributed by atoms with E-state index in [-0.39, 0.29) is 12.0 Å². The Hall–Kier alpha value is -1.37. The van der Waals surface area contributed by atoms with Gasteiger partial charge in [0.25, 0.3) is 0 Å². The molecule has 2 aromatic heterocycles. The Balaban J connectivity index is 2.04. The van der Waals surface area contributed by atoms with Crippen molar-refractivity contribution in [2.75, 3.05) is 11.6 Å². The number of anilines is 1. The maximum atomic E-state index is 10.2. The van der Waals surface area contributed by atoms with Crippen LogP contribution in [0.2, 0.25) is 0 Å². The maximum Gasteiger partial charge on any atom is 0.151 e. The Morgan fingerprint density at radius 2 is 2.16 bits per heavy atom. The minimum absolute atomic E-state index is 0.113. The van der Waals surface area contributed by atoms with Crippen molar-refractivity contribution in [2.24, 2.45) is 5.92 Å². The summed E-state index contributed by atoms with van der Waals surface area (Å²) in [6.45, 7) is 0. The second-order valence-electron chi connectivity index (χ2n) is 4.91. The Kier molecular flexibility index (Phi) is 3.08. The van der Waals surface area contributed by atoms with Crippen molar-refractivity contribution < 1.29 is 10.2 Å². The molecule has 0 amide bonds. The Morgan fingerprint density at radius 3 is 2.84 bits per heavy atom. The molecule has 2 aromatic rings. The van der Waals surface area contributed by atoms with Crippen LogP contribution in [0.1, 0.15) is 12.5 Å². The van der Waals surface area contributed by atoms with Crippen LogP contribution < -0.4 is 5.73 Å². The Bertz CT molecular complexity index is 602. The van der Waals surface area contributed by atoms with Crippen molar-refractivity contribution in [1.82, 2.24) is 14.5 Å². The smallest absolute Gasteiger partial charge is 0.151 e. The van der Waals surface area contributed by atoms with E-state index in [1.807, 2.05) is 4.57 Å². The van der Waals surface area contributed by atoms with Crippen molar-refractivity contribution in [3.63, 3.8) is 0 Å². The number of imidazole rings is 1. The molecule has 19 heavy (non-hydrogen) atoms. The van der Waals surface area contributed by atoms with Gasteiger partial charge in [0, 0.05) is 18.0 Å². The first kappa shape index (κ1) is 12.7. The molecule has 1 saturated carbocycles. The fourth-order valence-electron chi connectivity index (χ4n) is 2.77. The molecule has 0 bridgehead atoms. The van der Waals surface area contributed by atoms with Crippen LogP contribution in [0.4, 0.5) is 5.82 Å². The topological polar surface area (TPSA) is 97.2 Å². The summed E-state index contributed by atoms with van der Waals surface area (Å²) < 4.78 is 1.84. The summed E-state index contributed by atoms with van der Waals surface area (Å²) in [5, 5.41) is 20.1. The first-order valence-electron chi connectivity index (χ1n) is 6.12. The van der Waals surface area contributed by atoms with Gasteiger partial charge in [0.15, 0.2) is 5.82 Å². The lowest BCUT2D eigenvalue weighted by molar-refractivity contribution is 0.0102. The van der Waals surface area contributed by atoms with E-state index in [9.17, 15) is 10.2 Å². The maximum absolute atomic E-state index is 10.2. The summed E-state index contributed by atoms with van der Waals surface area (Å²) in [6, 6.07) is 1.55. The lowest BCUT2D eigenvalue weighted by Gasteiger charge is -2.18. The van der Waals surface area contributed by atoms with Crippen LogP contribution in [0.3, 0.4) is 0 Å². The van der Waals surface area contributed by atoms with Crippen LogP contribution in [0.25, 0.3) is 11.0 Å². The molecule has 3 rings (SSSR count). The second-order valence-corrected chi connectivity index (χ2v) is 5.22. The molecule has 2 heterocycles. The van der Waals surface area contributed by atoms with Crippen LogP contribution in [-0.4, -0.2) is 42.8 Å². The van der Waals surface area contributed by atoms with Crippen molar-refractivity contribution in [3.05, 3.63) is 18.6 Å². The molecule has 0 radical (unpaired) electrons. The van der Waals surface area contributed by atoms with E-state index in [1.165, 1.54) is 0 Å². The van der Waals surface area contributed by atoms with Gasteiger partial charge in [-0.15, -0.1) is 11.6 Å². The molecular formula is C12H15ClN4O2. The van der Waals surface area contributed by atoms with E-state index in [0.29, 0.717) is 23.6 Å². The van der Waals surface area contributed by atoms with Crippen LogP contribution in [0, 0.1) is 5.92 Å². The van der Waals surface area contributed by atoms with Gasteiger partial charge in [-0.05, 0) is 12.5 Å². The van der Waals surface area contributed by atoms with Gasteiger partial charge in [0.1, 0.15) is 11.6 Å². The Morgan fingerprint density at radius 1 is 1.37 bits per heavy atom. The largest absolute Gasteiger partial charge is 0.390 e. The highest BCUT2D eigenvalue weighted by atomic mass is 35.5. The van der Waals surface area contributed by atoms with E-state index >= 15 is 0 Å². The summed E-state index contributed by atoms with van der Waals surface area (Å²) in [5.74, 6) is 0.571. The zero-order chi connectivity index (χ0) is 13.6.